The van der Waals surface area contributed by atoms with Crippen LogP contribution in [0.2, 0.25) is 0 Å². The summed E-state index contributed by atoms with van der Waals surface area (Å²) in [5.74, 6) is 2.18. The van der Waals surface area contributed by atoms with Crippen molar-refractivity contribution < 1.29 is 4.79 Å². The van der Waals surface area contributed by atoms with Crippen molar-refractivity contribution in [2.75, 3.05) is 24.7 Å². The fourth-order valence-corrected chi connectivity index (χ4v) is 1.66. The van der Waals surface area contributed by atoms with E-state index in [1.54, 1.807) is 0 Å². The van der Waals surface area contributed by atoms with Crippen LogP contribution in [0.1, 0.15) is 0 Å². The minimum Gasteiger partial charge on any atom is -0.289 e. The molecule has 2 nitrogen and oxygen atoms in total. The lowest BCUT2D eigenvalue weighted by atomic mass is 10.6. The van der Waals surface area contributed by atoms with Gasteiger partial charge in [-0.05, 0) is 0 Å². The Morgan fingerprint density at radius 1 is 1.75 bits per heavy atom. The average molecular weight is 130 g/mol. The summed E-state index contributed by atoms with van der Waals surface area (Å²) in [6.07, 6.45) is 1.87. The number of carbonyl (C=O) groups excluding carboxylic acids is 1. The Bertz CT molecular complexity index is 80.5. The van der Waals surface area contributed by atoms with Gasteiger partial charge in [-0.1, -0.05) is 0 Å². The molecule has 0 aromatic carbocycles. The molecule has 0 amide bonds. The maximum absolute atomic E-state index is 9.78. The van der Waals surface area contributed by atoms with Gasteiger partial charge in [0.2, 0.25) is 6.29 Å². The molecule has 0 spiro atoms. The average Bonchev–Trinajstić information content (AvgIpc) is 2.19. The SMILES string of the molecule is O=[C]CN1CCSC1. The fourth-order valence-electron chi connectivity index (χ4n) is 0.668. The van der Waals surface area contributed by atoms with E-state index in [4.69, 9.17) is 0 Å². The monoisotopic (exact) mass is 130 g/mol. The molecule has 0 aliphatic carbocycles. The van der Waals surface area contributed by atoms with E-state index < -0.39 is 0 Å². The van der Waals surface area contributed by atoms with Crippen molar-refractivity contribution in [2.45, 2.75) is 0 Å². The van der Waals surface area contributed by atoms with Crippen molar-refractivity contribution >= 4 is 18.0 Å². The first-order chi connectivity index (χ1) is 3.93. The summed E-state index contributed by atoms with van der Waals surface area (Å²) in [5, 5.41) is 0. The molecule has 1 fully saturated rings. The normalized spacial score (nSPS) is 21.5. The molecule has 0 atom stereocenters. The molecule has 0 saturated carbocycles. The summed E-state index contributed by atoms with van der Waals surface area (Å²) in [5.41, 5.74) is 0. The highest BCUT2D eigenvalue weighted by Gasteiger charge is 2.09. The Labute approximate surface area is 53.2 Å². The van der Waals surface area contributed by atoms with Crippen LogP contribution in [0.4, 0.5) is 0 Å². The van der Waals surface area contributed by atoms with Gasteiger partial charge >= 0.3 is 0 Å². The van der Waals surface area contributed by atoms with E-state index in [9.17, 15) is 4.79 Å². The van der Waals surface area contributed by atoms with Gasteiger partial charge in [0.15, 0.2) is 0 Å². The highest BCUT2D eigenvalue weighted by Crippen LogP contribution is 2.11. The summed E-state index contributed by atoms with van der Waals surface area (Å²) >= 11 is 1.87. The maximum atomic E-state index is 9.78. The van der Waals surface area contributed by atoms with Crippen molar-refractivity contribution in [2.24, 2.45) is 0 Å². The molecule has 0 unspecified atom stereocenters. The highest BCUT2D eigenvalue weighted by molar-refractivity contribution is 7.99. The van der Waals surface area contributed by atoms with Crippen molar-refractivity contribution in [3.05, 3.63) is 0 Å². The molecular weight excluding hydrogens is 122 g/mol. The van der Waals surface area contributed by atoms with Crippen LogP contribution in [0.15, 0.2) is 0 Å². The third-order valence-corrected chi connectivity index (χ3v) is 2.13. The predicted molar refractivity (Wildman–Crippen MR) is 34.6 cm³/mol. The van der Waals surface area contributed by atoms with Gasteiger partial charge in [-0.25, -0.2) is 0 Å². The molecule has 0 aromatic rings. The Hall–Kier alpha value is -0.0200. The van der Waals surface area contributed by atoms with Crippen LogP contribution in [-0.4, -0.2) is 35.9 Å². The Morgan fingerprint density at radius 2 is 2.62 bits per heavy atom. The van der Waals surface area contributed by atoms with Gasteiger partial charge in [0.05, 0.1) is 6.54 Å². The van der Waals surface area contributed by atoms with Crippen LogP contribution in [0.3, 0.4) is 0 Å². The van der Waals surface area contributed by atoms with Crippen LogP contribution in [-0.2, 0) is 4.79 Å². The third-order valence-electron chi connectivity index (χ3n) is 1.11. The minimum absolute atomic E-state index is 0.493. The summed E-state index contributed by atoms with van der Waals surface area (Å²) in [6.45, 7) is 1.55. The molecule has 1 heterocycles. The lowest BCUT2D eigenvalue weighted by Gasteiger charge is -2.05. The minimum atomic E-state index is 0.493. The molecule has 0 N–H and O–H groups in total. The zero-order valence-corrected chi connectivity index (χ0v) is 5.41. The van der Waals surface area contributed by atoms with Crippen molar-refractivity contribution in [1.82, 2.24) is 4.90 Å². The quantitative estimate of drug-likeness (QED) is 0.529. The second-order valence-corrected chi connectivity index (χ2v) is 2.81. The number of thioether (sulfide) groups is 1. The first-order valence-corrected chi connectivity index (χ1v) is 3.74. The van der Waals surface area contributed by atoms with Crippen LogP contribution < -0.4 is 0 Å². The van der Waals surface area contributed by atoms with E-state index in [0.29, 0.717) is 6.54 Å². The van der Waals surface area contributed by atoms with Gasteiger partial charge in [0.25, 0.3) is 0 Å². The van der Waals surface area contributed by atoms with E-state index >= 15 is 0 Å². The summed E-state index contributed by atoms with van der Waals surface area (Å²) < 4.78 is 0. The van der Waals surface area contributed by atoms with Crippen LogP contribution >= 0.6 is 11.8 Å². The molecular formula is C5H8NOS. The molecule has 1 saturated heterocycles. The molecule has 1 aliphatic rings. The van der Waals surface area contributed by atoms with Crippen molar-refractivity contribution in [3.8, 4) is 0 Å². The number of hydrogen-bond acceptors (Lipinski definition) is 3. The third kappa shape index (κ3) is 1.49. The van der Waals surface area contributed by atoms with E-state index in [0.717, 1.165) is 12.4 Å². The number of nitrogens with zero attached hydrogens (tertiary/aromatic N) is 1. The van der Waals surface area contributed by atoms with Gasteiger partial charge in [0, 0.05) is 18.2 Å². The van der Waals surface area contributed by atoms with E-state index in [1.165, 1.54) is 5.75 Å². The van der Waals surface area contributed by atoms with Crippen LogP contribution in [0, 0.1) is 0 Å². The number of hydrogen-bond donors (Lipinski definition) is 0. The van der Waals surface area contributed by atoms with Gasteiger partial charge in [-0.3, -0.25) is 9.69 Å². The van der Waals surface area contributed by atoms with Crippen molar-refractivity contribution in [3.63, 3.8) is 0 Å². The van der Waals surface area contributed by atoms with Crippen LogP contribution in [0.5, 0.6) is 0 Å². The Morgan fingerprint density at radius 3 is 3.12 bits per heavy atom. The van der Waals surface area contributed by atoms with Crippen LogP contribution in [0.25, 0.3) is 0 Å². The summed E-state index contributed by atoms with van der Waals surface area (Å²) in [7, 11) is 0. The van der Waals surface area contributed by atoms with E-state index in [2.05, 4.69) is 4.90 Å². The lowest BCUT2D eigenvalue weighted by Crippen LogP contribution is -2.21. The van der Waals surface area contributed by atoms with Gasteiger partial charge in [-0.2, -0.15) is 0 Å². The fraction of sp³-hybridized carbons (Fsp3) is 0.800. The molecule has 0 aromatic heterocycles. The lowest BCUT2D eigenvalue weighted by molar-refractivity contribution is 0.396. The van der Waals surface area contributed by atoms with E-state index in [-0.39, 0.29) is 0 Å². The molecule has 8 heavy (non-hydrogen) atoms. The van der Waals surface area contributed by atoms with E-state index in [1.807, 2.05) is 18.0 Å². The highest BCUT2D eigenvalue weighted by atomic mass is 32.2. The topological polar surface area (TPSA) is 20.3 Å². The maximum Gasteiger partial charge on any atom is 0.213 e. The summed E-state index contributed by atoms with van der Waals surface area (Å²) in [6, 6.07) is 0. The standard InChI is InChI=1S/C5H8NOS/c7-3-1-6-2-4-8-5-6/h1-2,4-5H2. The first kappa shape index (κ1) is 6.11. The second-order valence-electron chi connectivity index (χ2n) is 1.73. The zero-order chi connectivity index (χ0) is 5.82. The zero-order valence-electron chi connectivity index (χ0n) is 4.59. The molecule has 1 aliphatic heterocycles. The van der Waals surface area contributed by atoms with Gasteiger partial charge in [-0.15, -0.1) is 11.8 Å². The van der Waals surface area contributed by atoms with Crippen molar-refractivity contribution in [1.29, 1.82) is 0 Å². The predicted octanol–water partition coefficient (Wildman–Crippen LogP) is 0.102. The molecule has 45 valence electrons. The number of rotatable bonds is 2. The summed E-state index contributed by atoms with van der Waals surface area (Å²) in [4.78, 5) is 11.9. The molecule has 1 rings (SSSR count). The molecule has 1 radical (unpaired) electrons. The first-order valence-electron chi connectivity index (χ1n) is 2.58. The molecule has 0 bridgehead atoms. The second kappa shape index (κ2) is 3.10. The Balaban J connectivity index is 2.14. The van der Waals surface area contributed by atoms with Gasteiger partial charge in [0.1, 0.15) is 0 Å². The largest absolute Gasteiger partial charge is 0.289 e. The smallest absolute Gasteiger partial charge is 0.213 e. The molecule has 3 heteroatoms. The Kier molecular flexibility index (Phi) is 2.36. The van der Waals surface area contributed by atoms with Gasteiger partial charge < -0.3 is 0 Å².